The highest BCUT2D eigenvalue weighted by molar-refractivity contribution is 8.00. The van der Waals surface area contributed by atoms with Crippen molar-refractivity contribution in [2.24, 2.45) is 5.92 Å². The summed E-state index contributed by atoms with van der Waals surface area (Å²) in [7, 11) is 0. The first kappa shape index (κ1) is 28.9. The molecule has 1 amide bonds. The zero-order valence-corrected chi connectivity index (χ0v) is 23.9. The highest BCUT2D eigenvalue weighted by atomic mass is 32.2. The van der Waals surface area contributed by atoms with Gasteiger partial charge in [-0.1, -0.05) is 18.6 Å². The molecule has 2 unspecified atom stereocenters. The molecule has 2 aromatic rings. The van der Waals surface area contributed by atoms with Crippen molar-refractivity contribution in [1.82, 2.24) is 19.7 Å². The number of pyridine rings is 1. The van der Waals surface area contributed by atoms with Gasteiger partial charge in [-0.05, 0) is 64.4 Å². The van der Waals surface area contributed by atoms with E-state index in [9.17, 15) is 14.7 Å². The van der Waals surface area contributed by atoms with Crippen molar-refractivity contribution in [3.8, 4) is 11.1 Å². The maximum Gasteiger partial charge on any atom is 0.253 e. The zero-order valence-electron chi connectivity index (χ0n) is 23.1. The van der Waals surface area contributed by atoms with Crippen molar-refractivity contribution in [3.63, 3.8) is 0 Å². The Morgan fingerprint density at radius 1 is 1.26 bits per heavy atom. The number of carbonyl (C=O) groups excluding carboxylic acids is 2. The fourth-order valence-corrected chi connectivity index (χ4v) is 6.29. The summed E-state index contributed by atoms with van der Waals surface area (Å²) in [5.41, 5.74) is 3.65. The van der Waals surface area contributed by atoms with E-state index in [1.54, 1.807) is 27.5 Å². The summed E-state index contributed by atoms with van der Waals surface area (Å²) in [6.45, 7) is 8.26. The Balaban J connectivity index is 1.60. The quantitative estimate of drug-likeness (QED) is 0.324. The van der Waals surface area contributed by atoms with E-state index in [-0.39, 0.29) is 28.8 Å². The van der Waals surface area contributed by atoms with Crippen LogP contribution in [0.1, 0.15) is 75.9 Å². The number of hydrogen-bond donors (Lipinski definition) is 3. The van der Waals surface area contributed by atoms with Crippen LogP contribution in [0.25, 0.3) is 11.1 Å². The number of fused-ring (bicyclic) bond motifs is 1. The number of nitrogens with zero attached hydrogens (tertiary/aromatic N) is 4. The summed E-state index contributed by atoms with van der Waals surface area (Å²) in [5, 5.41) is 31.1. The summed E-state index contributed by atoms with van der Waals surface area (Å²) < 4.78 is 1.60. The minimum absolute atomic E-state index is 0.0871. The molecule has 2 aromatic heterocycles. The fourth-order valence-electron chi connectivity index (χ4n) is 5.60. The molecule has 3 N–H and O–H groups in total. The summed E-state index contributed by atoms with van der Waals surface area (Å²) >= 11 is 1.66. The average Bonchev–Trinajstić information content (AvgIpc) is 3.37. The lowest BCUT2D eigenvalue weighted by Crippen LogP contribution is -2.48. The van der Waals surface area contributed by atoms with E-state index < -0.39 is 5.60 Å². The Morgan fingerprint density at radius 2 is 1.97 bits per heavy atom. The van der Waals surface area contributed by atoms with Gasteiger partial charge < -0.3 is 15.4 Å². The van der Waals surface area contributed by atoms with E-state index in [1.807, 2.05) is 18.3 Å². The molecule has 0 bridgehead atoms. The molecule has 4 rings (SSSR count). The maximum atomic E-state index is 12.5. The fraction of sp³-hybridized carbons (Fsp3) is 0.517. The summed E-state index contributed by atoms with van der Waals surface area (Å²) in [4.78, 5) is 31.2. The SMILES string of the molecule is CC1CC/C(C2CCN(C(=O)C(C)(C)O)CC2)=C(/C=O)C(=N)n2ncc(-c3ccc(C(C)SCC=N)nc3)c21. The van der Waals surface area contributed by atoms with Crippen LogP contribution in [-0.2, 0) is 9.59 Å². The Hall–Kier alpha value is -3.11. The third-order valence-electron chi connectivity index (χ3n) is 7.79. The molecule has 39 heavy (non-hydrogen) atoms. The maximum absolute atomic E-state index is 12.5. The molecule has 0 radical (unpaired) electrons. The number of thioether (sulfide) groups is 1. The number of piperidine rings is 1. The Morgan fingerprint density at radius 3 is 2.56 bits per heavy atom. The van der Waals surface area contributed by atoms with Gasteiger partial charge in [0.15, 0.2) is 12.1 Å². The minimum Gasteiger partial charge on any atom is -0.381 e. The molecular weight excluding hydrogens is 512 g/mol. The number of aldehydes is 1. The van der Waals surface area contributed by atoms with Crippen molar-refractivity contribution < 1.29 is 14.7 Å². The number of carbonyl (C=O) groups is 2. The number of likely N-dealkylation sites (tertiary alicyclic amines) is 1. The second-order valence-electron chi connectivity index (χ2n) is 11.0. The Bertz CT molecular complexity index is 1270. The molecule has 4 heterocycles. The van der Waals surface area contributed by atoms with E-state index in [1.165, 1.54) is 20.1 Å². The van der Waals surface area contributed by atoms with Crippen LogP contribution in [0, 0.1) is 16.7 Å². The van der Waals surface area contributed by atoms with Crippen LogP contribution in [-0.4, -0.2) is 73.5 Å². The van der Waals surface area contributed by atoms with Gasteiger partial charge in [-0.25, -0.2) is 4.68 Å². The van der Waals surface area contributed by atoms with Crippen molar-refractivity contribution in [2.45, 2.75) is 70.1 Å². The molecule has 0 saturated carbocycles. The number of rotatable bonds is 8. The van der Waals surface area contributed by atoms with Gasteiger partial charge in [-0.15, -0.1) is 11.8 Å². The highest BCUT2D eigenvalue weighted by Crippen LogP contribution is 2.39. The van der Waals surface area contributed by atoms with Crippen LogP contribution in [0.2, 0.25) is 0 Å². The number of aliphatic hydroxyl groups is 1. The largest absolute Gasteiger partial charge is 0.381 e. The number of amides is 1. The molecule has 9 nitrogen and oxygen atoms in total. The van der Waals surface area contributed by atoms with Gasteiger partial charge in [0.1, 0.15) is 5.60 Å². The van der Waals surface area contributed by atoms with E-state index in [4.69, 9.17) is 10.8 Å². The van der Waals surface area contributed by atoms with Crippen LogP contribution < -0.4 is 0 Å². The zero-order chi connectivity index (χ0) is 28.3. The monoisotopic (exact) mass is 550 g/mol. The first-order valence-electron chi connectivity index (χ1n) is 13.5. The van der Waals surface area contributed by atoms with Crippen LogP contribution in [0.3, 0.4) is 0 Å². The van der Waals surface area contributed by atoms with Gasteiger partial charge in [0.05, 0.1) is 23.2 Å². The predicted molar refractivity (Wildman–Crippen MR) is 155 cm³/mol. The Labute approximate surface area is 234 Å². The molecule has 208 valence electrons. The van der Waals surface area contributed by atoms with Crippen LogP contribution in [0.4, 0.5) is 0 Å². The van der Waals surface area contributed by atoms with Gasteiger partial charge in [-0.3, -0.25) is 20.0 Å². The summed E-state index contributed by atoms with van der Waals surface area (Å²) in [6, 6.07) is 4.03. The number of hydrogen-bond acceptors (Lipinski definition) is 8. The normalized spacial score (nSPS) is 21.6. The van der Waals surface area contributed by atoms with Gasteiger partial charge in [0.25, 0.3) is 5.91 Å². The van der Waals surface area contributed by atoms with Crippen molar-refractivity contribution in [3.05, 3.63) is 47.1 Å². The van der Waals surface area contributed by atoms with Gasteiger partial charge in [0.2, 0.25) is 0 Å². The molecule has 1 saturated heterocycles. The second kappa shape index (κ2) is 12.0. The first-order chi connectivity index (χ1) is 18.6. The lowest BCUT2D eigenvalue weighted by molar-refractivity contribution is -0.149. The van der Waals surface area contributed by atoms with E-state index >= 15 is 0 Å². The Kier molecular flexibility index (Phi) is 8.86. The molecule has 2 aliphatic rings. The molecular formula is C29H38N6O3S. The topological polar surface area (TPSA) is 136 Å². The van der Waals surface area contributed by atoms with Crippen molar-refractivity contribution in [1.29, 1.82) is 10.8 Å². The van der Waals surface area contributed by atoms with Gasteiger partial charge >= 0.3 is 0 Å². The summed E-state index contributed by atoms with van der Waals surface area (Å²) in [5.74, 6) is 0.659. The van der Waals surface area contributed by atoms with Crippen LogP contribution in [0.5, 0.6) is 0 Å². The molecule has 10 heteroatoms. The molecule has 1 fully saturated rings. The van der Waals surface area contributed by atoms with Crippen molar-refractivity contribution >= 4 is 36.0 Å². The summed E-state index contributed by atoms with van der Waals surface area (Å²) in [6.07, 6.45) is 8.69. The number of allylic oxidation sites excluding steroid dienone is 2. The average molecular weight is 551 g/mol. The van der Waals surface area contributed by atoms with Crippen LogP contribution in [0.15, 0.2) is 35.7 Å². The molecule has 2 atom stereocenters. The third kappa shape index (κ3) is 6.06. The van der Waals surface area contributed by atoms with E-state index in [0.717, 1.165) is 40.8 Å². The van der Waals surface area contributed by atoms with E-state index in [0.29, 0.717) is 43.7 Å². The molecule has 0 spiro atoms. The standard InChI is InChI=1S/C29H38N6O3S/c1-18-5-7-22(20-9-12-34(13-10-20)28(37)29(3,4)38)24(17-36)27(31)35-26(18)23(16-33-35)21-6-8-25(32-15-21)19(2)39-14-11-30/h6,8,11,15-20,30-31,38H,5,7,9-10,12-14H2,1-4H3/b24-22+,30-11?,31-27?. The third-order valence-corrected chi connectivity index (χ3v) is 8.89. The van der Waals surface area contributed by atoms with Gasteiger partial charge in [-0.2, -0.15) is 5.10 Å². The highest BCUT2D eigenvalue weighted by Gasteiger charge is 2.35. The second-order valence-corrected chi connectivity index (χ2v) is 12.4. The number of aromatic nitrogens is 3. The van der Waals surface area contributed by atoms with Crippen molar-refractivity contribution in [2.75, 3.05) is 18.8 Å². The number of nitrogens with one attached hydrogen (secondary N) is 2. The lowest BCUT2D eigenvalue weighted by atomic mass is 9.80. The smallest absolute Gasteiger partial charge is 0.253 e. The predicted octanol–water partition coefficient (Wildman–Crippen LogP) is 4.62. The van der Waals surface area contributed by atoms with Gasteiger partial charge in [0, 0.05) is 47.6 Å². The first-order valence-corrected chi connectivity index (χ1v) is 14.6. The lowest BCUT2D eigenvalue weighted by Gasteiger charge is -2.37. The van der Waals surface area contributed by atoms with E-state index in [2.05, 4.69) is 23.9 Å². The minimum atomic E-state index is -1.40. The molecule has 0 aromatic carbocycles. The molecule has 2 aliphatic heterocycles. The molecule has 0 aliphatic carbocycles. The van der Waals surface area contributed by atoms with Crippen LogP contribution >= 0.6 is 11.8 Å².